The van der Waals surface area contributed by atoms with Gasteiger partial charge < -0.3 is 4.90 Å². The van der Waals surface area contributed by atoms with Crippen LogP contribution in [0.4, 0.5) is 0 Å². The highest BCUT2D eigenvalue weighted by Crippen LogP contribution is 2.19. The fraction of sp³-hybridized carbons (Fsp3) is 0.0952. The van der Waals surface area contributed by atoms with E-state index in [1.165, 1.54) is 0 Å². The van der Waals surface area contributed by atoms with Crippen LogP contribution in [0.3, 0.4) is 0 Å². The van der Waals surface area contributed by atoms with Crippen LogP contribution in [0.5, 0.6) is 0 Å². The number of nitrogens with zero attached hydrogens (tertiary/aromatic N) is 2. The average Bonchev–Trinajstić information content (AvgIpc) is 2.69. The Balaban J connectivity index is 1.85. The number of hydrogen-bond donors (Lipinski definition) is 0. The topological polar surface area (TPSA) is 50.3 Å². The summed E-state index contributed by atoms with van der Waals surface area (Å²) in [5, 5.41) is 0.401. The predicted molar refractivity (Wildman–Crippen MR) is 109 cm³/mol. The summed E-state index contributed by atoms with van der Waals surface area (Å²) in [4.78, 5) is 31.4. The van der Waals surface area contributed by atoms with Gasteiger partial charge in [0.05, 0.1) is 5.56 Å². The number of halogens is 2. The first-order valence-corrected chi connectivity index (χ1v) is 9.38. The number of aromatic nitrogens is 1. The van der Waals surface area contributed by atoms with Gasteiger partial charge in [-0.25, -0.2) is 4.98 Å². The summed E-state index contributed by atoms with van der Waals surface area (Å²) < 4.78 is 0.889. The Kier molecular flexibility index (Phi) is 6.04. The lowest BCUT2D eigenvalue weighted by Crippen LogP contribution is -2.28. The molecule has 2 aromatic carbocycles. The molecule has 0 aliphatic rings. The normalized spacial score (nSPS) is 10.5. The van der Waals surface area contributed by atoms with Gasteiger partial charge in [-0.05, 0) is 42.0 Å². The minimum Gasteiger partial charge on any atom is -0.337 e. The van der Waals surface area contributed by atoms with Gasteiger partial charge in [0.1, 0.15) is 5.15 Å². The summed E-state index contributed by atoms with van der Waals surface area (Å²) in [6.45, 7) is 0.365. The summed E-state index contributed by atoms with van der Waals surface area (Å²) in [6, 6.07) is 17.4. The van der Waals surface area contributed by atoms with E-state index in [0.29, 0.717) is 28.4 Å². The van der Waals surface area contributed by atoms with Gasteiger partial charge in [-0.2, -0.15) is 0 Å². The molecule has 0 N–H and O–H groups in total. The van der Waals surface area contributed by atoms with Crippen LogP contribution in [-0.4, -0.2) is 28.6 Å². The lowest BCUT2D eigenvalue weighted by molar-refractivity contribution is 0.0780. The summed E-state index contributed by atoms with van der Waals surface area (Å²) in [7, 11) is 1.69. The predicted octanol–water partition coefficient (Wildman–Crippen LogP) is 5.00. The first-order valence-electron chi connectivity index (χ1n) is 8.21. The maximum absolute atomic E-state index is 12.9. The highest BCUT2D eigenvalue weighted by molar-refractivity contribution is 9.10. The Hall–Kier alpha value is -2.50. The minimum atomic E-state index is -0.231. The molecule has 0 fully saturated rings. The first kappa shape index (κ1) is 19.3. The number of hydrogen-bond acceptors (Lipinski definition) is 3. The van der Waals surface area contributed by atoms with Gasteiger partial charge in [-0.3, -0.25) is 9.59 Å². The van der Waals surface area contributed by atoms with Crippen LogP contribution >= 0.6 is 27.5 Å². The molecule has 0 atom stereocenters. The first-order chi connectivity index (χ1) is 13.0. The molecule has 1 amide bonds. The largest absolute Gasteiger partial charge is 0.337 e. The number of benzene rings is 2. The fourth-order valence-electron chi connectivity index (χ4n) is 2.68. The van der Waals surface area contributed by atoms with E-state index in [4.69, 9.17) is 11.6 Å². The third-order valence-corrected chi connectivity index (χ3v) is 4.82. The van der Waals surface area contributed by atoms with Crippen molar-refractivity contribution < 1.29 is 9.59 Å². The van der Waals surface area contributed by atoms with Gasteiger partial charge in [0, 0.05) is 35.4 Å². The molecule has 27 heavy (non-hydrogen) atoms. The van der Waals surface area contributed by atoms with Gasteiger partial charge in [0.2, 0.25) is 0 Å². The van der Waals surface area contributed by atoms with Crippen molar-refractivity contribution >= 4 is 39.2 Å². The summed E-state index contributed by atoms with van der Waals surface area (Å²) >= 11 is 9.16. The van der Waals surface area contributed by atoms with Crippen LogP contribution in [0.1, 0.15) is 31.8 Å². The third kappa shape index (κ3) is 4.62. The molecular formula is C21H16BrClN2O2. The van der Waals surface area contributed by atoms with E-state index in [0.717, 1.165) is 10.0 Å². The Morgan fingerprint density at radius 1 is 1.00 bits per heavy atom. The van der Waals surface area contributed by atoms with Crippen LogP contribution in [-0.2, 0) is 6.54 Å². The lowest BCUT2D eigenvalue weighted by Gasteiger charge is -2.19. The lowest BCUT2D eigenvalue weighted by atomic mass is 9.97. The number of carbonyl (C=O) groups is 2. The molecule has 0 radical (unpaired) electrons. The molecule has 0 saturated heterocycles. The zero-order chi connectivity index (χ0) is 19.4. The van der Waals surface area contributed by atoms with Crippen molar-refractivity contribution in [3.8, 4) is 0 Å². The van der Waals surface area contributed by atoms with Crippen molar-refractivity contribution in [3.63, 3.8) is 0 Å². The number of pyridine rings is 1. The van der Waals surface area contributed by atoms with E-state index < -0.39 is 0 Å². The van der Waals surface area contributed by atoms with E-state index in [-0.39, 0.29) is 11.7 Å². The zero-order valence-corrected chi connectivity index (χ0v) is 16.9. The minimum absolute atomic E-state index is 0.187. The number of amides is 1. The highest BCUT2D eigenvalue weighted by Gasteiger charge is 2.20. The maximum Gasteiger partial charge on any atom is 0.254 e. The van der Waals surface area contributed by atoms with E-state index in [9.17, 15) is 9.59 Å². The monoisotopic (exact) mass is 442 g/mol. The van der Waals surface area contributed by atoms with Gasteiger partial charge in [0.15, 0.2) is 5.78 Å². The number of ketones is 1. The Morgan fingerprint density at radius 3 is 2.30 bits per heavy atom. The smallest absolute Gasteiger partial charge is 0.254 e. The van der Waals surface area contributed by atoms with Crippen molar-refractivity contribution in [1.82, 2.24) is 9.88 Å². The molecule has 0 spiro atoms. The molecule has 6 heteroatoms. The molecule has 0 saturated carbocycles. The number of carbonyl (C=O) groups excluding carboxylic acids is 2. The molecule has 0 aliphatic heterocycles. The van der Waals surface area contributed by atoms with Crippen molar-refractivity contribution in [2.24, 2.45) is 0 Å². The summed E-state index contributed by atoms with van der Waals surface area (Å²) in [5.41, 5.74) is 2.13. The van der Waals surface area contributed by atoms with E-state index in [1.807, 2.05) is 6.07 Å². The molecule has 136 valence electrons. The molecular weight excluding hydrogens is 428 g/mol. The molecule has 3 aromatic rings. The van der Waals surface area contributed by atoms with Crippen molar-refractivity contribution in [2.75, 3.05) is 7.05 Å². The van der Waals surface area contributed by atoms with Gasteiger partial charge in [0.25, 0.3) is 5.91 Å². The van der Waals surface area contributed by atoms with Crippen LogP contribution in [0.15, 0.2) is 71.3 Å². The second-order valence-electron chi connectivity index (χ2n) is 6.03. The van der Waals surface area contributed by atoms with Gasteiger partial charge >= 0.3 is 0 Å². The summed E-state index contributed by atoms with van der Waals surface area (Å²) in [6.07, 6.45) is 1.63. The molecule has 3 rings (SSSR count). The standard InChI is InChI=1S/C21H16BrClN2O2/c1-25(13-14-6-11-19(23)24-12-14)21(27)18-5-3-2-4-17(18)20(26)15-7-9-16(22)10-8-15/h2-12H,13H2,1H3. The Morgan fingerprint density at radius 2 is 1.67 bits per heavy atom. The van der Waals surface area contributed by atoms with Crippen LogP contribution < -0.4 is 0 Å². The van der Waals surface area contributed by atoms with E-state index >= 15 is 0 Å². The Labute approximate surface area is 170 Å². The van der Waals surface area contributed by atoms with Gasteiger partial charge in [-0.1, -0.05) is 51.8 Å². The van der Waals surface area contributed by atoms with Crippen molar-refractivity contribution in [2.45, 2.75) is 6.54 Å². The second kappa shape index (κ2) is 8.46. The van der Waals surface area contributed by atoms with Crippen molar-refractivity contribution in [1.29, 1.82) is 0 Å². The van der Waals surface area contributed by atoms with E-state index in [1.54, 1.807) is 72.7 Å². The SMILES string of the molecule is CN(Cc1ccc(Cl)nc1)C(=O)c1ccccc1C(=O)c1ccc(Br)cc1. The third-order valence-electron chi connectivity index (χ3n) is 4.06. The van der Waals surface area contributed by atoms with Crippen LogP contribution in [0.25, 0.3) is 0 Å². The fourth-order valence-corrected chi connectivity index (χ4v) is 3.05. The quantitative estimate of drug-likeness (QED) is 0.412. The van der Waals surface area contributed by atoms with Crippen LogP contribution in [0.2, 0.25) is 5.15 Å². The zero-order valence-electron chi connectivity index (χ0n) is 14.5. The molecule has 0 aliphatic carbocycles. The number of rotatable bonds is 5. The van der Waals surface area contributed by atoms with Gasteiger partial charge in [-0.15, -0.1) is 0 Å². The second-order valence-corrected chi connectivity index (χ2v) is 7.33. The van der Waals surface area contributed by atoms with Crippen LogP contribution in [0, 0.1) is 0 Å². The van der Waals surface area contributed by atoms with Crippen molar-refractivity contribution in [3.05, 3.63) is 98.7 Å². The molecule has 0 bridgehead atoms. The molecule has 0 unspecified atom stereocenters. The molecule has 1 heterocycles. The molecule has 4 nitrogen and oxygen atoms in total. The maximum atomic E-state index is 12.9. The summed E-state index contributed by atoms with van der Waals surface area (Å²) in [5.74, 6) is -0.418. The highest BCUT2D eigenvalue weighted by atomic mass is 79.9. The average molecular weight is 444 g/mol. The molecule has 1 aromatic heterocycles. The Bertz CT molecular complexity index is 972. The van der Waals surface area contributed by atoms with E-state index in [2.05, 4.69) is 20.9 Å².